The zero-order valence-electron chi connectivity index (χ0n) is 10.8. The topological polar surface area (TPSA) is 17.1 Å². The summed E-state index contributed by atoms with van der Waals surface area (Å²) in [6.45, 7) is 6.68. The smallest absolute Gasteiger partial charge is 0.134 e. The molecule has 1 aliphatic rings. The molecule has 0 heterocycles. The van der Waals surface area contributed by atoms with Crippen LogP contribution in [0.15, 0.2) is 29.2 Å². The normalized spacial score (nSPS) is 20.9. The molecule has 1 saturated carbocycles. The lowest BCUT2D eigenvalue weighted by Gasteiger charge is -2.19. The van der Waals surface area contributed by atoms with Gasteiger partial charge in [-0.2, -0.15) is 0 Å². The van der Waals surface area contributed by atoms with E-state index >= 15 is 0 Å². The number of Topliss-reactive ketones (excluding diaryl/α,β-unsaturated/α-hetero) is 1. The molecule has 2 heteroatoms. The molecule has 1 atom stereocenters. The molecule has 0 spiro atoms. The number of benzene rings is 1. The number of hydrogen-bond donors (Lipinski definition) is 0. The molecule has 0 aromatic heterocycles. The highest BCUT2D eigenvalue weighted by Gasteiger charge is 2.23. The van der Waals surface area contributed by atoms with Crippen LogP contribution in [0.3, 0.4) is 0 Å². The number of ketones is 1. The van der Waals surface area contributed by atoms with Gasteiger partial charge in [-0.3, -0.25) is 4.79 Å². The van der Waals surface area contributed by atoms with Crippen LogP contribution < -0.4 is 0 Å². The summed E-state index contributed by atoms with van der Waals surface area (Å²) >= 11 is 1.85. The van der Waals surface area contributed by atoms with Gasteiger partial charge in [-0.15, -0.1) is 11.8 Å². The molecular weight excluding hydrogens is 228 g/mol. The summed E-state index contributed by atoms with van der Waals surface area (Å²) in [5.74, 6) is 0.425. The summed E-state index contributed by atoms with van der Waals surface area (Å²) in [4.78, 5) is 12.5. The monoisotopic (exact) mass is 248 g/mol. The Balaban J connectivity index is 2.01. The minimum atomic E-state index is 0.215. The third-order valence-electron chi connectivity index (χ3n) is 3.22. The largest absolute Gasteiger partial charge is 0.300 e. The molecule has 0 radical (unpaired) electrons. The van der Waals surface area contributed by atoms with Crippen molar-refractivity contribution in [1.29, 1.82) is 0 Å². The van der Waals surface area contributed by atoms with Crippen LogP contribution in [-0.4, -0.2) is 11.0 Å². The molecule has 1 aromatic carbocycles. The van der Waals surface area contributed by atoms with Gasteiger partial charge in [-0.05, 0) is 29.5 Å². The van der Waals surface area contributed by atoms with E-state index in [1.54, 1.807) is 0 Å². The summed E-state index contributed by atoms with van der Waals surface area (Å²) < 4.78 is 0. The molecule has 0 saturated heterocycles. The summed E-state index contributed by atoms with van der Waals surface area (Å²) in [5.41, 5.74) is 1.58. The van der Waals surface area contributed by atoms with Crippen LogP contribution in [0.25, 0.3) is 0 Å². The van der Waals surface area contributed by atoms with Crippen molar-refractivity contribution < 1.29 is 4.79 Å². The van der Waals surface area contributed by atoms with Gasteiger partial charge in [0, 0.05) is 23.0 Å². The van der Waals surface area contributed by atoms with E-state index in [1.165, 1.54) is 10.5 Å². The van der Waals surface area contributed by atoms with Crippen molar-refractivity contribution >= 4 is 17.5 Å². The molecule has 0 aliphatic heterocycles. The van der Waals surface area contributed by atoms with Crippen molar-refractivity contribution in [3.8, 4) is 0 Å². The van der Waals surface area contributed by atoms with Crippen molar-refractivity contribution in [3.05, 3.63) is 29.8 Å². The molecule has 2 rings (SSSR count). The van der Waals surface area contributed by atoms with Gasteiger partial charge in [0.25, 0.3) is 0 Å². The quantitative estimate of drug-likeness (QED) is 0.780. The first-order valence-corrected chi connectivity index (χ1v) is 7.12. The fraction of sp³-hybridized carbons (Fsp3) is 0.533. The van der Waals surface area contributed by atoms with Gasteiger partial charge in [-0.25, -0.2) is 0 Å². The van der Waals surface area contributed by atoms with Gasteiger partial charge in [-0.1, -0.05) is 32.9 Å². The number of carbonyl (C=O) groups is 1. The Hall–Kier alpha value is -0.760. The third-order valence-corrected chi connectivity index (χ3v) is 4.50. The fourth-order valence-corrected chi connectivity index (χ4v) is 3.29. The van der Waals surface area contributed by atoms with Crippen molar-refractivity contribution in [1.82, 2.24) is 0 Å². The summed E-state index contributed by atoms with van der Waals surface area (Å²) in [6, 6.07) is 8.79. The van der Waals surface area contributed by atoms with Crippen molar-refractivity contribution in [2.24, 2.45) is 0 Å². The maximum atomic E-state index is 11.2. The minimum absolute atomic E-state index is 0.215. The second-order valence-corrected chi connectivity index (χ2v) is 7.17. The first-order chi connectivity index (χ1) is 7.95. The molecule has 1 aromatic rings. The summed E-state index contributed by atoms with van der Waals surface area (Å²) in [7, 11) is 0. The van der Waals surface area contributed by atoms with E-state index in [4.69, 9.17) is 0 Å². The maximum Gasteiger partial charge on any atom is 0.134 e. The van der Waals surface area contributed by atoms with Crippen molar-refractivity contribution in [2.75, 3.05) is 0 Å². The average molecular weight is 248 g/mol. The standard InChI is InChI=1S/C15H20OS/c1-15(2,3)11-4-7-13(8-5-11)17-14-9-6-12(16)10-14/h4-5,7-8,14H,6,9-10H2,1-3H3. The highest BCUT2D eigenvalue weighted by Crippen LogP contribution is 2.34. The third kappa shape index (κ3) is 3.35. The zero-order chi connectivity index (χ0) is 12.5. The van der Waals surface area contributed by atoms with Crippen LogP contribution in [-0.2, 0) is 10.2 Å². The SMILES string of the molecule is CC(C)(C)c1ccc(SC2CCC(=O)C2)cc1. The molecule has 0 N–H and O–H groups in total. The predicted molar refractivity (Wildman–Crippen MR) is 73.6 cm³/mol. The second-order valence-electron chi connectivity index (χ2n) is 5.80. The highest BCUT2D eigenvalue weighted by atomic mass is 32.2. The van der Waals surface area contributed by atoms with Crippen LogP contribution in [0.1, 0.15) is 45.6 Å². The lowest BCUT2D eigenvalue weighted by atomic mass is 9.87. The van der Waals surface area contributed by atoms with Gasteiger partial charge in [0.1, 0.15) is 5.78 Å². The van der Waals surface area contributed by atoms with Crippen LogP contribution in [0.2, 0.25) is 0 Å². The van der Waals surface area contributed by atoms with Crippen LogP contribution in [0, 0.1) is 0 Å². The Kier molecular flexibility index (Phi) is 3.62. The molecule has 0 amide bonds. The van der Waals surface area contributed by atoms with Gasteiger partial charge in [0.15, 0.2) is 0 Å². The zero-order valence-corrected chi connectivity index (χ0v) is 11.6. The highest BCUT2D eigenvalue weighted by molar-refractivity contribution is 8.00. The maximum absolute atomic E-state index is 11.2. The van der Waals surface area contributed by atoms with E-state index in [9.17, 15) is 4.79 Å². The Labute approximate surface area is 108 Å². The van der Waals surface area contributed by atoms with Crippen LogP contribution >= 0.6 is 11.8 Å². The Morgan fingerprint density at radius 2 is 1.82 bits per heavy atom. The molecule has 17 heavy (non-hydrogen) atoms. The van der Waals surface area contributed by atoms with E-state index in [2.05, 4.69) is 45.0 Å². The predicted octanol–water partition coefficient (Wildman–Crippen LogP) is 4.20. The average Bonchev–Trinajstić information content (AvgIpc) is 2.63. The Bertz CT molecular complexity index is 400. The van der Waals surface area contributed by atoms with Crippen LogP contribution in [0.4, 0.5) is 0 Å². The van der Waals surface area contributed by atoms with Crippen molar-refractivity contribution in [2.45, 2.75) is 55.6 Å². The number of carbonyl (C=O) groups excluding carboxylic acids is 1. The summed E-state index contributed by atoms with van der Waals surface area (Å²) in [5, 5.41) is 0.503. The Morgan fingerprint density at radius 1 is 1.18 bits per heavy atom. The summed E-state index contributed by atoms with van der Waals surface area (Å²) in [6.07, 6.45) is 2.58. The molecular formula is C15H20OS. The number of hydrogen-bond acceptors (Lipinski definition) is 2. The lowest BCUT2D eigenvalue weighted by Crippen LogP contribution is -2.10. The molecule has 0 bridgehead atoms. The molecule has 1 aliphatic carbocycles. The Morgan fingerprint density at radius 3 is 2.29 bits per heavy atom. The van der Waals surface area contributed by atoms with E-state index < -0.39 is 0 Å². The van der Waals surface area contributed by atoms with E-state index in [0.29, 0.717) is 11.0 Å². The fourth-order valence-electron chi connectivity index (χ4n) is 2.11. The van der Waals surface area contributed by atoms with Gasteiger partial charge in [0.05, 0.1) is 0 Å². The van der Waals surface area contributed by atoms with E-state index in [0.717, 1.165) is 19.3 Å². The lowest BCUT2D eigenvalue weighted by molar-refractivity contribution is -0.117. The van der Waals surface area contributed by atoms with Crippen LogP contribution in [0.5, 0.6) is 0 Å². The van der Waals surface area contributed by atoms with E-state index in [-0.39, 0.29) is 5.41 Å². The molecule has 92 valence electrons. The van der Waals surface area contributed by atoms with E-state index in [1.807, 2.05) is 11.8 Å². The first kappa shape index (κ1) is 12.7. The first-order valence-electron chi connectivity index (χ1n) is 6.24. The van der Waals surface area contributed by atoms with Gasteiger partial charge in [0.2, 0.25) is 0 Å². The molecule has 1 unspecified atom stereocenters. The van der Waals surface area contributed by atoms with Crippen molar-refractivity contribution in [3.63, 3.8) is 0 Å². The molecule has 1 nitrogen and oxygen atoms in total. The number of thioether (sulfide) groups is 1. The minimum Gasteiger partial charge on any atom is -0.300 e. The molecule has 1 fully saturated rings. The second kappa shape index (κ2) is 4.85. The van der Waals surface area contributed by atoms with Gasteiger partial charge >= 0.3 is 0 Å². The number of rotatable bonds is 2. The van der Waals surface area contributed by atoms with Gasteiger partial charge < -0.3 is 0 Å².